The maximum absolute atomic E-state index is 10.9. The summed E-state index contributed by atoms with van der Waals surface area (Å²) in [4.78, 5) is 15.6. The topological polar surface area (TPSA) is 81.1 Å². The van der Waals surface area contributed by atoms with E-state index in [0.29, 0.717) is 13.0 Å². The van der Waals surface area contributed by atoms with Crippen LogP contribution in [0.5, 0.6) is 0 Å². The van der Waals surface area contributed by atoms with Gasteiger partial charge in [-0.25, -0.2) is 4.98 Å². The Labute approximate surface area is 134 Å². The fourth-order valence-corrected chi connectivity index (χ4v) is 2.78. The van der Waals surface area contributed by atoms with Crippen molar-refractivity contribution in [3.63, 3.8) is 0 Å². The van der Waals surface area contributed by atoms with Gasteiger partial charge in [0, 0.05) is 6.54 Å². The number of hydrogen-bond donors (Lipinski definition) is 2. The Kier molecular flexibility index (Phi) is 4.39. The van der Waals surface area contributed by atoms with Crippen molar-refractivity contribution in [1.29, 1.82) is 0 Å². The molecular weight excluding hydrogens is 290 g/mol. The zero-order valence-corrected chi connectivity index (χ0v) is 12.7. The molecule has 0 fully saturated rings. The van der Waals surface area contributed by atoms with E-state index in [-0.39, 0.29) is 12.5 Å². The second-order valence-electron chi connectivity index (χ2n) is 5.55. The fraction of sp³-hybridized carbons (Fsp3) is 0.222. The Bertz CT molecular complexity index is 812. The van der Waals surface area contributed by atoms with Crippen LogP contribution in [0, 0.1) is 0 Å². The van der Waals surface area contributed by atoms with Crippen LogP contribution in [-0.2, 0) is 17.8 Å². The van der Waals surface area contributed by atoms with Crippen molar-refractivity contribution in [2.24, 2.45) is 5.73 Å². The molecule has 23 heavy (non-hydrogen) atoms. The fourth-order valence-electron chi connectivity index (χ4n) is 2.78. The highest BCUT2D eigenvalue weighted by molar-refractivity contribution is 5.76. The molecule has 0 aliphatic carbocycles. The van der Waals surface area contributed by atoms with E-state index >= 15 is 0 Å². The highest BCUT2D eigenvalue weighted by Gasteiger charge is 2.17. The van der Waals surface area contributed by atoms with Crippen molar-refractivity contribution in [3.8, 4) is 0 Å². The van der Waals surface area contributed by atoms with Gasteiger partial charge < -0.3 is 15.4 Å². The number of aryl methyl sites for hydroxylation is 1. The molecule has 0 saturated heterocycles. The van der Waals surface area contributed by atoms with E-state index < -0.39 is 5.97 Å². The Morgan fingerprint density at radius 2 is 1.83 bits per heavy atom. The van der Waals surface area contributed by atoms with Crippen molar-refractivity contribution in [2.45, 2.75) is 25.4 Å². The van der Waals surface area contributed by atoms with Crippen LogP contribution in [0.4, 0.5) is 0 Å². The van der Waals surface area contributed by atoms with E-state index in [4.69, 9.17) is 10.8 Å². The number of nitrogens with two attached hydrogens (primary N) is 1. The van der Waals surface area contributed by atoms with Gasteiger partial charge in [0.2, 0.25) is 0 Å². The summed E-state index contributed by atoms with van der Waals surface area (Å²) in [7, 11) is 0. The van der Waals surface area contributed by atoms with Gasteiger partial charge in [-0.15, -0.1) is 0 Å². The smallest absolute Gasteiger partial charge is 0.305 e. The van der Waals surface area contributed by atoms with Crippen LogP contribution in [-0.4, -0.2) is 20.6 Å². The largest absolute Gasteiger partial charge is 0.481 e. The minimum Gasteiger partial charge on any atom is -0.481 e. The number of rotatable bonds is 6. The Morgan fingerprint density at radius 3 is 2.57 bits per heavy atom. The van der Waals surface area contributed by atoms with E-state index in [1.165, 1.54) is 0 Å². The number of imidazole rings is 1. The summed E-state index contributed by atoms with van der Waals surface area (Å²) in [6.07, 6.45) is 0.711. The summed E-state index contributed by atoms with van der Waals surface area (Å²) >= 11 is 0. The third kappa shape index (κ3) is 3.40. The molecule has 0 aliphatic heterocycles. The molecule has 5 heteroatoms. The van der Waals surface area contributed by atoms with Crippen molar-refractivity contribution < 1.29 is 9.90 Å². The molecular formula is C18H19N3O2. The number of carbonyl (C=O) groups is 1. The predicted molar refractivity (Wildman–Crippen MR) is 89.1 cm³/mol. The van der Waals surface area contributed by atoms with Gasteiger partial charge in [-0.05, 0) is 24.1 Å². The summed E-state index contributed by atoms with van der Waals surface area (Å²) in [6.45, 7) is 0.369. The minimum atomic E-state index is -0.828. The lowest BCUT2D eigenvalue weighted by Crippen LogP contribution is -2.20. The molecule has 0 spiro atoms. The van der Waals surface area contributed by atoms with Gasteiger partial charge in [0.1, 0.15) is 5.82 Å². The van der Waals surface area contributed by atoms with Gasteiger partial charge in [-0.3, -0.25) is 4.79 Å². The average molecular weight is 309 g/mol. The zero-order chi connectivity index (χ0) is 16.2. The molecule has 0 amide bonds. The molecule has 1 aromatic heterocycles. The number of hydrogen-bond acceptors (Lipinski definition) is 3. The first kappa shape index (κ1) is 15.2. The van der Waals surface area contributed by atoms with E-state index in [9.17, 15) is 4.79 Å². The Morgan fingerprint density at radius 1 is 1.13 bits per heavy atom. The lowest BCUT2D eigenvalue weighted by Gasteiger charge is -2.14. The maximum atomic E-state index is 10.9. The van der Waals surface area contributed by atoms with Crippen LogP contribution in [0.2, 0.25) is 0 Å². The van der Waals surface area contributed by atoms with Crippen LogP contribution in [0.25, 0.3) is 11.0 Å². The first-order valence-corrected chi connectivity index (χ1v) is 7.61. The first-order chi connectivity index (χ1) is 11.1. The summed E-state index contributed by atoms with van der Waals surface area (Å²) < 4.78 is 1.93. The van der Waals surface area contributed by atoms with Crippen molar-refractivity contribution in [2.75, 3.05) is 0 Å². The quantitative estimate of drug-likeness (QED) is 0.733. The first-order valence-electron chi connectivity index (χ1n) is 7.61. The van der Waals surface area contributed by atoms with Crippen molar-refractivity contribution in [3.05, 3.63) is 66.0 Å². The number of carboxylic acids is 1. The Balaban J connectivity index is 1.94. The molecule has 2 aromatic carbocycles. The molecule has 0 radical (unpaired) electrons. The van der Waals surface area contributed by atoms with Gasteiger partial charge >= 0.3 is 5.97 Å². The molecule has 5 nitrogen and oxygen atoms in total. The number of benzene rings is 2. The molecule has 0 saturated carbocycles. The van der Waals surface area contributed by atoms with Gasteiger partial charge in [0.05, 0.1) is 23.5 Å². The number of aromatic nitrogens is 2. The molecule has 1 unspecified atom stereocenters. The van der Waals surface area contributed by atoms with Crippen LogP contribution in [0.3, 0.4) is 0 Å². The molecule has 1 atom stereocenters. The second kappa shape index (κ2) is 6.62. The Hall–Kier alpha value is -2.66. The molecule has 0 aliphatic rings. The highest BCUT2D eigenvalue weighted by Crippen LogP contribution is 2.22. The zero-order valence-electron chi connectivity index (χ0n) is 12.7. The number of carboxylic acid groups (broad SMARTS) is 1. The number of aliphatic carboxylic acids is 1. The van der Waals surface area contributed by atoms with Crippen LogP contribution in [0.15, 0.2) is 54.6 Å². The summed E-state index contributed by atoms with van der Waals surface area (Å²) in [6, 6.07) is 17.4. The van der Waals surface area contributed by atoms with Crippen LogP contribution >= 0.6 is 0 Å². The van der Waals surface area contributed by atoms with Gasteiger partial charge in [-0.1, -0.05) is 42.5 Å². The van der Waals surface area contributed by atoms with Gasteiger partial charge in [0.15, 0.2) is 0 Å². The predicted octanol–water partition coefficient (Wildman–Crippen LogP) is 2.75. The van der Waals surface area contributed by atoms with Gasteiger partial charge in [-0.2, -0.15) is 0 Å². The normalized spacial score (nSPS) is 12.4. The second-order valence-corrected chi connectivity index (χ2v) is 5.55. The maximum Gasteiger partial charge on any atom is 0.305 e. The molecule has 0 bridgehead atoms. The van der Waals surface area contributed by atoms with E-state index in [1.807, 2.05) is 59.2 Å². The monoisotopic (exact) mass is 309 g/mol. The van der Waals surface area contributed by atoms with E-state index in [0.717, 1.165) is 22.4 Å². The molecule has 3 N–H and O–H groups in total. The third-order valence-corrected chi connectivity index (χ3v) is 3.86. The minimum absolute atomic E-state index is 0.0470. The lowest BCUT2D eigenvalue weighted by molar-refractivity contribution is -0.137. The summed E-state index contributed by atoms with van der Waals surface area (Å²) in [5, 5.41) is 8.98. The number of fused-ring (bicyclic) bond motifs is 1. The average Bonchev–Trinajstić information content (AvgIpc) is 2.92. The summed E-state index contributed by atoms with van der Waals surface area (Å²) in [5.41, 5.74) is 9.27. The third-order valence-electron chi connectivity index (χ3n) is 3.86. The van der Waals surface area contributed by atoms with Crippen LogP contribution in [0.1, 0.15) is 23.9 Å². The molecule has 1 heterocycles. The van der Waals surface area contributed by atoms with E-state index in [2.05, 4.69) is 4.98 Å². The van der Waals surface area contributed by atoms with Crippen molar-refractivity contribution in [1.82, 2.24) is 9.55 Å². The molecule has 3 rings (SSSR count). The summed E-state index contributed by atoms with van der Waals surface area (Å²) in [5.74, 6) is -0.0957. The number of para-hydroxylation sites is 2. The van der Waals surface area contributed by atoms with Gasteiger partial charge in [0.25, 0.3) is 0 Å². The molecule has 3 aromatic rings. The lowest BCUT2D eigenvalue weighted by atomic mass is 10.1. The SMILES string of the molecule is NC(Cc1ccccc1)c1nc2ccccc2n1CCC(=O)O. The van der Waals surface area contributed by atoms with Crippen molar-refractivity contribution >= 4 is 17.0 Å². The van der Waals surface area contributed by atoms with Crippen LogP contribution < -0.4 is 5.73 Å². The molecule has 118 valence electrons. The highest BCUT2D eigenvalue weighted by atomic mass is 16.4. The standard InChI is InChI=1S/C18H19N3O2/c19-14(12-13-6-2-1-3-7-13)18-20-15-8-4-5-9-16(15)21(18)11-10-17(22)23/h1-9,14H,10-12,19H2,(H,22,23). The van der Waals surface area contributed by atoms with E-state index in [1.54, 1.807) is 0 Å². The number of nitrogens with zero attached hydrogens (tertiary/aromatic N) is 2.